The molecule has 0 heterocycles. The molecule has 0 aliphatic heterocycles. The van der Waals surface area contributed by atoms with Crippen molar-refractivity contribution in [2.75, 3.05) is 10.6 Å². The fraction of sp³-hybridized carbons (Fsp3) is 0.125. The number of hydrogen-bond donors (Lipinski definition) is 2. The van der Waals surface area contributed by atoms with Crippen LogP contribution < -0.4 is 10.6 Å². The summed E-state index contributed by atoms with van der Waals surface area (Å²) in [7, 11) is 0. The molecule has 0 radical (unpaired) electrons. The van der Waals surface area contributed by atoms with Crippen molar-refractivity contribution in [2.24, 2.45) is 0 Å². The van der Waals surface area contributed by atoms with Crippen LogP contribution in [-0.4, -0.2) is 11.8 Å². The molecule has 0 bridgehead atoms. The highest BCUT2D eigenvalue weighted by atomic mass is 35.5. The van der Waals surface area contributed by atoms with Gasteiger partial charge in [0, 0.05) is 12.6 Å². The van der Waals surface area contributed by atoms with E-state index in [0.717, 1.165) is 31.2 Å². The molecule has 0 spiro atoms. The van der Waals surface area contributed by atoms with Gasteiger partial charge in [-0.2, -0.15) is 13.2 Å². The predicted octanol–water partition coefficient (Wildman–Crippen LogP) is 4.71. The van der Waals surface area contributed by atoms with E-state index in [4.69, 9.17) is 11.6 Å². The molecule has 2 N–H and O–H groups in total. The first-order valence-corrected chi connectivity index (χ1v) is 7.21. The van der Waals surface area contributed by atoms with Gasteiger partial charge in [0.15, 0.2) is 0 Å². The van der Waals surface area contributed by atoms with Gasteiger partial charge >= 0.3 is 6.18 Å². The summed E-state index contributed by atoms with van der Waals surface area (Å²) in [6.45, 7) is 1.15. The van der Waals surface area contributed by atoms with Crippen LogP contribution in [0.4, 0.5) is 28.9 Å². The molecule has 0 unspecified atom stereocenters. The van der Waals surface area contributed by atoms with Crippen molar-refractivity contribution in [3.8, 4) is 0 Å². The van der Waals surface area contributed by atoms with E-state index >= 15 is 0 Å². The van der Waals surface area contributed by atoms with Gasteiger partial charge in [-0.15, -0.1) is 0 Å². The first kappa shape index (κ1) is 18.7. The lowest BCUT2D eigenvalue weighted by molar-refractivity contribution is -0.137. The molecule has 0 aliphatic rings. The number of alkyl halides is 3. The highest BCUT2D eigenvalue weighted by Crippen LogP contribution is 2.37. The number of nitrogens with one attached hydrogen (secondary N) is 2. The lowest BCUT2D eigenvalue weighted by atomic mass is 10.1. The SMILES string of the molecule is CC(=O)Nc1ccc(NC(=O)c2ccc(F)cc2Cl)c(C(F)(F)F)c1. The number of hydrogen-bond acceptors (Lipinski definition) is 2. The van der Waals surface area contributed by atoms with E-state index < -0.39 is 35.1 Å². The normalized spacial score (nSPS) is 11.1. The van der Waals surface area contributed by atoms with Crippen LogP contribution >= 0.6 is 11.6 Å². The van der Waals surface area contributed by atoms with Gasteiger partial charge in [0.25, 0.3) is 5.91 Å². The van der Waals surface area contributed by atoms with E-state index in [9.17, 15) is 27.2 Å². The topological polar surface area (TPSA) is 58.2 Å². The van der Waals surface area contributed by atoms with E-state index in [-0.39, 0.29) is 16.3 Å². The molecule has 25 heavy (non-hydrogen) atoms. The van der Waals surface area contributed by atoms with E-state index in [1.54, 1.807) is 0 Å². The van der Waals surface area contributed by atoms with Gasteiger partial charge in [0.05, 0.1) is 21.8 Å². The molecule has 0 saturated carbocycles. The van der Waals surface area contributed by atoms with Gasteiger partial charge in [0.2, 0.25) is 5.91 Å². The van der Waals surface area contributed by atoms with Crippen LogP contribution in [0.1, 0.15) is 22.8 Å². The molecule has 4 nitrogen and oxygen atoms in total. The Labute approximate surface area is 144 Å². The summed E-state index contributed by atoms with van der Waals surface area (Å²) in [5.41, 5.74) is -1.92. The minimum atomic E-state index is -4.77. The standard InChI is InChI=1S/C16H11ClF4N2O2/c1-8(24)22-10-3-5-14(12(7-10)16(19,20)21)23-15(25)11-4-2-9(18)6-13(11)17/h2-7H,1H3,(H,22,24)(H,23,25). The van der Waals surface area contributed by atoms with Gasteiger partial charge in [0.1, 0.15) is 5.82 Å². The number of carbonyl (C=O) groups is 2. The Kier molecular flexibility index (Phi) is 5.32. The van der Waals surface area contributed by atoms with Crippen LogP contribution in [0.15, 0.2) is 36.4 Å². The van der Waals surface area contributed by atoms with Gasteiger partial charge in [-0.25, -0.2) is 4.39 Å². The predicted molar refractivity (Wildman–Crippen MR) is 85.1 cm³/mol. The second-order valence-electron chi connectivity index (χ2n) is 5.02. The van der Waals surface area contributed by atoms with Crippen molar-refractivity contribution in [1.82, 2.24) is 0 Å². The second kappa shape index (κ2) is 7.10. The largest absolute Gasteiger partial charge is 0.418 e. The summed E-state index contributed by atoms with van der Waals surface area (Å²) >= 11 is 5.73. The number of anilines is 2. The van der Waals surface area contributed by atoms with E-state index in [0.29, 0.717) is 6.07 Å². The molecule has 2 rings (SSSR count). The first-order chi connectivity index (χ1) is 11.6. The minimum absolute atomic E-state index is 0.0716. The molecule has 132 valence electrons. The molecule has 2 aromatic rings. The number of amides is 2. The van der Waals surface area contributed by atoms with Crippen LogP contribution in [0.5, 0.6) is 0 Å². The maximum Gasteiger partial charge on any atom is 0.418 e. The summed E-state index contributed by atoms with van der Waals surface area (Å²) in [5, 5.41) is 4.09. The Morgan fingerprint density at radius 1 is 1.04 bits per heavy atom. The van der Waals surface area contributed by atoms with Crippen LogP contribution in [0.2, 0.25) is 5.02 Å². The molecule has 0 atom stereocenters. The minimum Gasteiger partial charge on any atom is -0.326 e. The van der Waals surface area contributed by atoms with Crippen LogP contribution in [0.25, 0.3) is 0 Å². The van der Waals surface area contributed by atoms with Crippen molar-refractivity contribution < 1.29 is 27.2 Å². The maximum atomic E-state index is 13.2. The van der Waals surface area contributed by atoms with Crippen LogP contribution in [-0.2, 0) is 11.0 Å². The van der Waals surface area contributed by atoms with Crippen molar-refractivity contribution in [3.63, 3.8) is 0 Å². The maximum absolute atomic E-state index is 13.2. The summed E-state index contributed by atoms with van der Waals surface area (Å²) in [6.07, 6.45) is -4.77. The smallest absolute Gasteiger partial charge is 0.326 e. The molecular formula is C16H11ClF4N2O2. The number of benzene rings is 2. The van der Waals surface area contributed by atoms with Crippen LogP contribution in [0.3, 0.4) is 0 Å². The zero-order valence-corrected chi connectivity index (χ0v) is 13.4. The summed E-state index contributed by atoms with van der Waals surface area (Å²) in [4.78, 5) is 23.1. The molecule has 2 aromatic carbocycles. The van der Waals surface area contributed by atoms with Gasteiger partial charge < -0.3 is 10.6 Å². The number of halogens is 5. The summed E-state index contributed by atoms with van der Waals surface area (Å²) in [5.74, 6) is -2.15. The number of carbonyl (C=O) groups excluding carboxylic acids is 2. The molecule has 2 amide bonds. The van der Waals surface area contributed by atoms with Gasteiger partial charge in [-0.05, 0) is 36.4 Å². The average molecular weight is 375 g/mol. The molecule has 0 aromatic heterocycles. The molecule has 9 heteroatoms. The highest BCUT2D eigenvalue weighted by molar-refractivity contribution is 6.34. The van der Waals surface area contributed by atoms with E-state index in [2.05, 4.69) is 10.6 Å². The van der Waals surface area contributed by atoms with Crippen molar-refractivity contribution in [2.45, 2.75) is 13.1 Å². The first-order valence-electron chi connectivity index (χ1n) is 6.83. The highest BCUT2D eigenvalue weighted by Gasteiger charge is 2.34. The third kappa shape index (κ3) is 4.69. The lowest BCUT2D eigenvalue weighted by Gasteiger charge is -2.16. The van der Waals surface area contributed by atoms with Crippen molar-refractivity contribution in [3.05, 3.63) is 58.4 Å². The molecular weight excluding hydrogens is 364 g/mol. The Bertz CT molecular complexity index is 837. The van der Waals surface area contributed by atoms with E-state index in [1.165, 1.54) is 6.07 Å². The Morgan fingerprint density at radius 2 is 1.72 bits per heavy atom. The Morgan fingerprint density at radius 3 is 2.28 bits per heavy atom. The summed E-state index contributed by atoms with van der Waals surface area (Å²) in [6, 6.07) is 5.81. The fourth-order valence-electron chi connectivity index (χ4n) is 2.03. The van der Waals surface area contributed by atoms with Crippen LogP contribution in [0, 0.1) is 5.82 Å². The average Bonchev–Trinajstić information content (AvgIpc) is 2.47. The van der Waals surface area contributed by atoms with Crippen molar-refractivity contribution in [1.29, 1.82) is 0 Å². The molecule has 0 aliphatic carbocycles. The quantitative estimate of drug-likeness (QED) is 0.764. The zero-order valence-electron chi connectivity index (χ0n) is 12.7. The second-order valence-corrected chi connectivity index (χ2v) is 5.42. The third-order valence-electron chi connectivity index (χ3n) is 3.07. The lowest BCUT2D eigenvalue weighted by Crippen LogP contribution is -2.18. The monoisotopic (exact) mass is 374 g/mol. The Balaban J connectivity index is 2.37. The third-order valence-corrected chi connectivity index (χ3v) is 3.38. The number of rotatable bonds is 3. The summed E-state index contributed by atoms with van der Waals surface area (Å²) < 4.78 is 52.6. The molecule has 0 fully saturated rings. The fourth-order valence-corrected chi connectivity index (χ4v) is 2.29. The van der Waals surface area contributed by atoms with Gasteiger partial charge in [-0.1, -0.05) is 11.6 Å². The van der Waals surface area contributed by atoms with E-state index in [1.807, 2.05) is 0 Å². The molecule has 0 saturated heterocycles. The zero-order chi connectivity index (χ0) is 18.8. The Hall–Kier alpha value is -2.61. The van der Waals surface area contributed by atoms with Gasteiger partial charge in [-0.3, -0.25) is 9.59 Å². The van der Waals surface area contributed by atoms with Crippen molar-refractivity contribution >= 4 is 34.8 Å².